The molecule has 0 spiro atoms. The highest BCUT2D eigenvalue weighted by Gasteiger charge is 2.33. The topological polar surface area (TPSA) is 71.8 Å². The Labute approximate surface area is 214 Å². The Balaban J connectivity index is 0.000000526. The summed E-state index contributed by atoms with van der Waals surface area (Å²) >= 11 is 0. The average Bonchev–Trinajstić information content (AvgIpc) is 2.84. The van der Waals surface area contributed by atoms with E-state index in [-0.39, 0.29) is 23.8 Å². The fourth-order valence-corrected chi connectivity index (χ4v) is 4.52. The fourth-order valence-electron chi connectivity index (χ4n) is 4.52. The SMILES string of the molecule is CCn1c(C)cc(-c2ccc(C(C)N3CCC(CC(C)(C)O)OC3=O)cc2)cc1=O.c1ccccc1. The summed E-state index contributed by atoms with van der Waals surface area (Å²) in [5.74, 6) is 0. The van der Waals surface area contributed by atoms with E-state index >= 15 is 0 Å². The second kappa shape index (κ2) is 12.0. The number of carbonyl (C=O) groups is 1. The van der Waals surface area contributed by atoms with Crippen molar-refractivity contribution in [2.75, 3.05) is 6.54 Å². The third-order valence-electron chi connectivity index (χ3n) is 6.43. The first-order valence-corrected chi connectivity index (χ1v) is 12.6. The van der Waals surface area contributed by atoms with E-state index in [0.717, 1.165) is 22.4 Å². The molecule has 6 nitrogen and oxygen atoms in total. The molecule has 1 amide bonds. The van der Waals surface area contributed by atoms with E-state index in [1.807, 2.05) is 87.5 Å². The quantitative estimate of drug-likeness (QED) is 0.463. The zero-order valence-electron chi connectivity index (χ0n) is 22.0. The van der Waals surface area contributed by atoms with E-state index < -0.39 is 5.60 Å². The number of benzene rings is 2. The van der Waals surface area contributed by atoms with Gasteiger partial charge in [0, 0.05) is 37.7 Å². The van der Waals surface area contributed by atoms with Gasteiger partial charge in [0.25, 0.3) is 5.56 Å². The molecule has 2 unspecified atom stereocenters. The van der Waals surface area contributed by atoms with Crippen LogP contribution < -0.4 is 5.56 Å². The maximum atomic E-state index is 12.5. The molecule has 2 heterocycles. The second-order valence-corrected chi connectivity index (χ2v) is 9.92. The van der Waals surface area contributed by atoms with Gasteiger partial charge in [-0.1, -0.05) is 60.7 Å². The van der Waals surface area contributed by atoms with E-state index in [9.17, 15) is 14.7 Å². The minimum Gasteiger partial charge on any atom is -0.446 e. The monoisotopic (exact) mass is 490 g/mol. The number of ether oxygens (including phenoxy) is 1. The first-order chi connectivity index (χ1) is 17.1. The molecule has 1 aliphatic rings. The number of nitrogens with zero attached hydrogens (tertiary/aromatic N) is 2. The molecule has 2 atom stereocenters. The summed E-state index contributed by atoms with van der Waals surface area (Å²) in [5, 5.41) is 9.97. The zero-order chi connectivity index (χ0) is 26.3. The number of hydrogen-bond donors (Lipinski definition) is 1. The molecule has 1 fully saturated rings. The van der Waals surface area contributed by atoms with Crippen molar-refractivity contribution < 1.29 is 14.6 Å². The number of pyridine rings is 1. The number of aryl methyl sites for hydroxylation is 1. The van der Waals surface area contributed by atoms with Crippen LogP contribution >= 0.6 is 0 Å². The van der Waals surface area contributed by atoms with Gasteiger partial charge in [-0.05, 0) is 57.4 Å². The predicted molar refractivity (Wildman–Crippen MR) is 144 cm³/mol. The predicted octanol–water partition coefficient (Wildman–Crippen LogP) is 5.96. The van der Waals surface area contributed by atoms with Crippen molar-refractivity contribution in [3.05, 3.63) is 94.4 Å². The molecule has 2 aromatic carbocycles. The summed E-state index contributed by atoms with van der Waals surface area (Å²) in [5.41, 5.74) is 2.96. The molecule has 4 rings (SSSR count). The lowest BCUT2D eigenvalue weighted by Crippen LogP contribution is -2.45. The Morgan fingerprint density at radius 1 is 1.00 bits per heavy atom. The minimum atomic E-state index is -0.856. The molecular weight excluding hydrogens is 452 g/mol. The summed E-state index contributed by atoms with van der Waals surface area (Å²) in [6.07, 6.45) is 0.541. The molecule has 192 valence electrons. The van der Waals surface area contributed by atoms with Gasteiger partial charge in [-0.2, -0.15) is 0 Å². The summed E-state index contributed by atoms with van der Waals surface area (Å²) in [4.78, 5) is 26.5. The van der Waals surface area contributed by atoms with Crippen LogP contribution in [-0.2, 0) is 11.3 Å². The molecule has 36 heavy (non-hydrogen) atoms. The molecule has 0 saturated carbocycles. The van der Waals surface area contributed by atoms with Crippen LogP contribution in [-0.4, -0.2) is 38.9 Å². The molecule has 0 bridgehead atoms. The van der Waals surface area contributed by atoms with E-state index in [0.29, 0.717) is 25.9 Å². The number of hydrogen-bond acceptors (Lipinski definition) is 4. The first kappa shape index (κ1) is 27.2. The molecule has 3 aromatic rings. The van der Waals surface area contributed by atoms with E-state index in [1.165, 1.54) is 0 Å². The third-order valence-corrected chi connectivity index (χ3v) is 6.43. The lowest BCUT2D eigenvalue weighted by Gasteiger charge is -2.37. The lowest BCUT2D eigenvalue weighted by atomic mass is 9.97. The van der Waals surface area contributed by atoms with Gasteiger partial charge in [0.2, 0.25) is 0 Å². The molecule has 0 radical (unpaired) electrons. The van der Waals surface area contributed by atoms with Gasteiger partial charge in [-0.15, -0.1) is 0 Å². The minimum absolute atomic E-state index is 0.00150. The lowest BCUT2D eigenvalue weighted by molar-refractivity contribution is -0.0309. The Kier molecular flexibility index (Phi) is 9.10. The van der Waals surface area contributed by atoms with Crippen LogP contribution in [0.3, 0.4) is 0 Å². The van der Waals surface area contributed by atoms with Crippen LogP contribution in [0.2, 0.25) is 0 Å². The molecule has 1 aromatic heterocycles. The molecule has 1 N–H and O–H groups in total. The van der Waals surface area contributed by atoms with Crippen molar-refractivity contribution >= 4 is 6.09 Å². The number of amides is 1. The normalized spacial score (nSPS) is 16.6. The Morgan fingerprint density at radius 2 is 1.58 bits per heavy atom. The average molecular weight is 491 g/mol. The van der Waals surface area contributed by atoms with Crippen LogP contribution in [0.4, 0.5) is 4.79 Å². The van der Waals surface area contributed by atoms with Gasteiger partial charge in [0.1, 0.15) is 6.10 Å². The highest BCUT2D eigenvalue weighted by atomic mass is 16.6. The summed E-state index contributed by atoms with van der Waals surface area (Å²) in [6, 6.07) is 23.5. The van der Waals surface area contributed by atoms with Crippen LogP contribution in [0.5, 0.6) is 0 Å². The zero-order valence-corrected chi connectivity index (χ0v) is 22.0. The van der Waals surface area contributed by atoms with Crippen molar-refractivity contribution in [1.82, 2.24) is 9.47 Å². The number of cyclic esters (lactones) is 1. The Bertz CT molecular complexity index is 1150. The van der Waals surface area contributed by atoms with Crippen LogP contribution in [0, 0.1) is 6.92 Å². The van der Waals surface area contributed by atoms with Crippen molar-refractivity contribution in [2.45, 2.75) is 71.8 Å². The van der Waals surface area contributed by atoms with Crippen molar-refractivity contribution in [1.29, 1.82) is 0 Å². The molecule has 0 aliphatic carbocycles. The summed E-state index contributed by atoms with van der Waals surface area (Å²) < 4.78 is 7.29. The maximum Gasteiger partial charge on any atom is 0.410 e. The standard InChI is InChI=1S/C24H32N2O4.C6H6/c1-6-25-16(2)13-20(14-22(25)27)19-9-7-18(8-10-19)17(3)26-12-11-21(30-23(26)28)15-24(4,5)29;1-2-4-6-5-3-1/h7-10,13-14,17,21,29H,6,11-12,15H2,1-5H3;1-6H. The van der Waals surface area contributed by atoms with Crippen molar-refractivity contribution in [3.63, 3.8) is 0 Å². The Morgan fingerprint density at radius 3 is 2.06 bits per heavy atom. The highest BCUT2D eigenvalue weighted by molar-refractivity contribution is 5.69. The number of carbonyl (C=O) groups excluding carboxylic acids is 1. The van der Waals surface area contributed by atoms with Gasteiger partial charge in [-0.3, -0.25) is 4.79 Å². The highest BCUT2D eigenvalue weighted by Crippen LogP contribution is 2.29. The van der Waals surface area contributed by atoms with Crippen LogP contribution in [0.1, 0.15) is 57.8 Å². The largest absolute Gasteiger partial charge is 0.446 e. The molecule has 1 saturated heterocycles. The number of rotatable bonds is 6. The summed E-state index contributed by atoms with van der Waals surface area (Å²) in [6.45, 7) is 10.6. The van der Waals surface area contributed by atoms with Gasteiger partial charge >= 0.3 is 6.09 Å². The van der Waals surface area contributed by atoms with Gasteiger partial charge in [0.15, 0.2) is 0 Å². The maximum absolute atomic E-state index is 12.5. The number of aliphatic hydroxyl groups is 1. The van der Waals surface area contributed by atoms with E-state index in [2.05, 4.69) is 0 Å². The smallest absolute Gasteiger partial charge is 0.410 e. The van der Waals surface area contributed by atoms with E-state index in [1.54, 1.807) is 29.4 Å². The fraction of sp³-hybridized carbons (Fsp3) is 0.400. The Hall–Kier alpha value is -3.38. The molecule has 6 heteroatoms. The second-order valence-electron chi connectivity index (χ2n) is 9.92. The van der Waals surface area contributed by atoms with Crippen LogP contribution in [0.15, 0.2) is 77.6 Å². The van der Waals surface area contributed by atoms with Crippen molar-refractivity contribution in [2.24, 2.45) is 0 Å². The number of aromatic nitrogens is 1. The summed E-state index contributed by atoms with van der Waals surface area (Å²) in [7, 11) is 0. The van der Waals surface area contributed by atoms with Crippen LogP contribution in [0.25, 0.3) is 11.1 Å². The first-order valence-electron chi connectivity index (χ1n) is 12.6. The van der Waals surface area contributed by atoms with Crippen molar-refractivity contribution in [3.8, 4) is 11.1 Å². The molecule has 1 aliphatic heterocycles. The third kappa shape index (κ3) is 7.31. The van der Waals surface area contributed by atoms with Gasteiger partial charge in [-0.25, -0.2) is 4.79 Å². The van der Waals surface area contributed by atoms with E-state index in [4.69, 9.17) is 4.74 Å². The van der Waals surface area contributed by atoms with Gasteiger partial charge < -0.3 is 19.3 Å². The molecular formula is C30H38N2O4. The van der Waals surface area contributed by atoms with Gasteiger partial charge in [0.05, 0.1) is 11.6 Å².